The molecule has 0 aromatic heterocycles. The van der Waals surface area contributed by atoms with Crippen LogP contribution in [0.3, 0.4) is 0 Å². The van der Waals surface area contributed by atoms with Crippen LogP contribution in [0, 0.1) is 18.7 Å². The van der Waals surface area contributed by atoms with Crippen molar-refractivity contribution in [2.75, 3.05) is 19.6 Å². The van der Waals surface area contributed by atoms with E-state index in [4.69, 9.17) is 0 Å². The summed E-state index contributed by atoms with van der Waals surface area (Å²) in [5.74, 6) is 0.0688. The van der Waals surface area contributed by atoms with E-state index in [1.807, 2.05) is 25.7 Å². The quantitative estimate of drug-likeness (QED) is 0.925. The molecule has 116 valence electrons. The zero-order valence-electron chi connectivity index (χ0n) is 13.2. The summed E-state index contributed by atoms with van der Waals surface area (Å²) in [6.45, 7) is 8.60. The maximum Gasteiger partial charge on any atom is 0.254 e. The molecule has 21 heavy (non-hydrogen) atoms. The molecule has 1 N–H and O–H groups in total. The Morgan fingerprint density at radius 2 is 2.19 bits per heavy atom. The van der Waals surface area contributed by atoms with Gasteiger partial charge in [-0.25, -0.2) is 4.39 Å². The van der Waals surface area contributed by atoms with Crippen LogP contribution >= 0.6 is 0 Å². The molecule has 0 spiro atoms. The van der Waals surface area contributed by atoms with Gasteiger partial charge in [-0.3, -0.25) is 4.79 Å². The highest BCUT2D eigenvalue weighted by Crippen LogP contribution is 2.17. The van der Waals surface area contributed by atoms with Gasteiger partial charge in [0.1, 0.15) is 5.82 Å². The van der Waals surface area contributed by atoms with Gasteiger partial charge in [0.2, 0.25) is 0 Å². The van der Waals surface area contributed by atoms with Crippen molar-refractivity contribution >= 4 is 5.91 Å². The van der Waals surface area contributed by atoms with Gasteiger partial charge in [-0.1, -0.05) is 0 Å². The lowest BCUT2D eigenvalue weighted by molar-refractivity contribution is 0.0660. The number of hydrogen-bond acceptors (Lipinski definition) is 2. The maximum atomic E-state index is 13.5. The highest BCUT2D eigenvalue weighted by atomic mass is 19.1. The molecule has 1 heterocycles. The van der Waals surface area contributed by atoms with Gasteiger partial charge in [0, 0.05) is 18.2 Å². The molecule has 1 aromatic carbocycles. The zero-order valence-corrected chi connectivity index (χ0v) is 13.2. The number of aryl methyl sites for hydroxylation is 1. The number of piperidine rings is 1. The third-order valence-corrected chi connectivity index (χ3v) is 4.03. The van der Waals surface area contributed by atoms with E-state index in [-0.39, 0.29) is 17.8 Å². The monoisotopic (exact) mass is 292 g/mol. The van der Waals surface area contributed by atoms with Gasteiger partial charge in [-0.05, 0) is 76.4 Å². The first kappa shape index (κ1) is 16.0. The lowest BCUT2D eigenvalue weighted by Crippen LogP contribution is -2.44. The van der Waals surface area contributed by atoms with E-state index in [0.717, 1.165) is 38.0 Å². The van der Waals surface area contributed by atoms with Crippen molar-refractivity contribution in [3.8, 4) is 0 Å². The molecule has 1 aliphatic rings. The van der Waals surface area contributed by atoms with Gasteiger partial charge in [0.25, 0.3) is 5.91 Å². The molecule has 0 bridgehead atoms. The molecule has 0 saturated carbocycles. The summed E-state index contributed by atoms with van der Waals surface area (Å²) in [4.78, 5) is 14.6. The van der Waals surface area contributed by atoms with Crippen molar-refractivity contribution in [3.05, 3.63) is 35.1 Å². The number of benzene rings is 1. The van der Waals surface area contributed by atoms with Crippen LogP contribution < -0.4 is 5.32 Å². The predicted molar refractivity (Wildman–Crippen MR) is 82.9 cm³/mol. The first-order chi connectivity index (χ1) is 9.97. The Hall–Kier alpha value is -1.42. The number of carbonyl (C=O) groups is 1. The number of carbonyl (C=O) groups excluding carboxylic acids is 1. The Balaban J connectivity index is 2.14. The van der Waals surface area contributed by atoms with Gasteiger partial charge in [-0.2, -0.15) is 0 Å². The van der Waals surface area contributed by atoms with Gasteiger partial charge in [-0.15, -0.1) is 0 Å². The van der Waals surface area contributed by atoms with Crippen LogP contribution in [0.4, 0.5) is 4.39 Å². The fraction of sp³-hybridized carbons (Fsp3) is 0.588. The summed E-state index contributed by atoms with van der Waals surface area (Å²) in [6.07, 6.45) is 2.30. The average Bonchev–Trinajstić information content (AvgIpc) is 2.44. The van der Waals surface area contributed by atoms with Crippen molar-refractivity contribution in [1.82, 2.24) is 10.2 Å². The standard InChI is InChI=1S/C17H25FN2O/c1-12(2)20(11-14-5-4-6-19-10-14)17(21)15-7-13(3)8-16(18)9-15/h7-9,12,14,19H,4-6,10-11H2,1-3H3. The SMILES string of the molecule is Cc1cc(F)cc(C(=O)N(CC2CCCNC2)C(C)C)c1. The summed E-state index contributed by atoms with van der Waals surface area (Å²) in [7, 11) is 0. The second-order valence-corrected chi connectivity index (χ2v) is 6.28. The van der Waals surface area contributed by atoms with Crippen molar-refractivity contribution in [2.45, 2.75) is 39.7 Å². The van der Waals surface area contributed by atoms with E-state index in [1.54, 1.807) is 6.07 Å². The van der Waals surface area contributed by atoms with Crippen LogP contribution in [-0.4, -0.2) is 36.5 Å². The molecule has 1 fully saturated rings. The van der Waals surface area contributed by atoms with E-state index in [2.05, 4.69) is 5.32 Å². The Labute approximate surface area is 126 Å². The lowest BCUT2D eigenvalue weighted by atomic mass is 9.98. The van der Waals surface area contributed by atoms with Crippen LogP contribution in [-0.2, 0) is 0 Å². The average molecular weight is 292 g/mol. The van der Waals surface area contributed by atoms with Crippen LogP contribution in [0.25, 0.3) is 0 Å². The molecule has 1 saturated heterocycles. The molecule has 3 nitrogen and oxygen atoms in total. The predicted octanol–water partition coefficient (Wildman–Crippen LogP) is 2.98. The number of nitrogens with zero attached hydrogens (tertiary/aromatic N) is 1. The van der Waals surface area contributed by atoms with Crippen molar-refractivity contribution in [1.29, 1.82) is 0 Å². The van der Waals surface area contributed by atoms with Crippen molar-refractivity contribution < 1.29 is 9.18 Å². The van der Waals surface area contributed by atoms with Gasteiger partial charge in [0.15, 0.2) is 0 Å². The number of halogens is 1. The zero-order chi connectivity index (χ0) is 15.4. The Bertz CT molecular complexity index is 475. The van der Waals surface area contributed by atoms with Crippen molar-refractivity contribution in [3.63, 3.8) is 0 Å². The molecule has 2 rings (SSSR count). The number of hydrogen-bond donors (Lipinski definition) is 1. The second-order valence-electron chi connectivity index (χ2n) is 6.28. The van der Waals surface area contributed by atoms with Crippen molar-refractivity contribution in [2.24, 2.45) is 5.92 Å². The minimum Gasteiger partial charge on any atom is -0.336 e. The molecular weight excluding hydrogens is 267 g/mol. The Morgan fingerprint density at radius 3 is 2.76 bits per heavy atom. The van der Waals surface area contributed by atoms with Gasteiger partial charge in [0.05, 0.1) is 0 Å². The minimum atomic E-state index is -0.346. The fourth-order valence-electron chi connectivity index (χ4n) is 2.91. The highest BCUT2D eigenvalue weighted by Gasteiger charge is 2.24. The van der Waals surface area contributed by atoms with Crippen LogP contribution in [0.2, 0.25) is 0 Å². The molecule has 1 unspecified atom stereocenters. The molecule has 0 aliphatic carbocycles. The number of rotatable bonds is 4. The molecule has 4 heteroatoms. The van der Waals surface area contributed by atoms with E-state index in [0.29, 0.717) is 11.5 Å². The molecule has 1 atom stereocenters. The van der Waals surface area contributed by atoms with E-state index in [9.17, 15) is 9.18 Å². The highest BCUT2D eigenvalue weighted by molar-refractivity contribution is 5.94. The van der Waals surface area contributed by atoms with Gasteiger partial charge >= 0.3 is 0 Å². The Kier molecular flexibility index (Phi) is 5.34. The molecule has 0 radical (unpaired) electrons. The van der Waals surface area contributed by atoms with Crippen LogP contribution in [0.5, 0.6) is 0 Å². The smallest absolute Gasteiger partial charge is 0.254 e. The summed E-state index contributed by atoms with van der Waals surface area (Å²) >= 11 is 0. The van der Waals surface area contributed by atoms with Crippen LogP contribution in [0.1, 0.15) is 42.6 Å². The largest absolute Gasteiger partial charge is 0.336 e. The second kappa shape index (κ2) is 7.03. The maximum absolute atomic E-state index is 13.5. The third-order valence-electron chi connectivity index (χ3n) is 4.03. The van der Waals surface area contributed by atoms with E-state index < -0.39 is 0 Å². The minimum absolute atomic E-state index is 0.0711. The molecule has 1 amide bonds. The first-order valence-electron chi connectivity index (χ1n) is 7.76. The number of nitrogens with one attached hydrogen (secondary N) is 1. The summed E-state index contributed by atoms with van der Waals surface area (Å²) in [6, 6.07) is 4.66. The van der Waals surface area contributed by atoms with E-state index in [1.165, 1.54) is 12.1 Å². The van der Waals surface area contributed by atoms with E-state index >= 15 is 0 Å². The first-order valence-corrected chi connectivity index (χ1v) is 7.76. The summed E-state index contributed by atoms with van der Waals surface area (Å²) in [5, 5.41) is 3.38. The normalized spacial score (nSPS) is 18.8. The Morgan fingerprint density at radius 1 is 1.43 bits per heavy atom. The van der Waals surface area contributed by atoms with Crippen LogP contribution in [0.15, 0.2) is 18.2 Å². The summed E-state index contributed by atoms with van der Waals surface area (Å²) < 4.78 is 13.5. The summed E-state index contributed by atoms with van der Waals surface area (Å²) in [5.41, 5.74) is 1.23. The topological polar surface area (TPSA) is 32.3 Å². The molecular formula is C17H25FN2O. The molecule has 1 aromatic rings. The number of amides is 1. The lowest BCUT2D eigenvalue weighted by Gasteiger charge is -2.33. The van der Waals surface area contributed by atoms with Gasteiger partial charge < -0.3 is 10.2 Å². The third kappa shape index (κ3) is 4.27. The fourth-order valence-corrected chi connectivity index (χ4v) is 2.91. The molecule has 1 aliphatic heterocycles.